The van der Waals surface area contributed by atoms with E-state index in [1.54, 1.807) is 30.3 Å². The molecule has 7 rings (SSSR count). The predicted molar refractivity (Wildman–Crippen MR) is 131 cm³/mol. The van der Waals surface area contributed by atoms with Crippen molar-refractivity contribution in [2.24, 2.45) is 11.8 Å². The lowest BCUT2D eigenvalue weighted by atomic mass is 9.84. The molecule has 8 nitrogen and oxygen atoms in total. The van der Waals surface area contributed by atoms with Gasteiger partial charge in [-0.3, -0.25) is 14.4 Å². The molecule has 0 radical (unpaired) electrons. The van der Waals surface area contributed by atoms with Gasteiger partial charge in [-0.1, -0.05) is 42.5 Å². The Morgan fingerprint density at radius 2 is 1.61 bits per heavy atom. The molecule has 0 bridgehead atoms. The monoisotopic (exact) mass is 479 g/mol. The van der Waals surface area contributed by atoms with Gasteiger partial charge in [-0.2, -0.15) is 0 Å². The minimum atomic E-state index is -0.847. The molecular weight excluding hydrogens is 458 g/mol. The van der Waals surface area contributed by atoms with Crippen LogP contribution in [0.2, 0.25) is 0 Å². The highest BCUT2D eigenvalue weighted by atomic mass is 16.7. The quantitative estimate of drug-likeness (QED) is 0.578. The van der Waals surface area contributed by atoms with Crippen LogP contribution in [0.3, 0.4) is 0 Å². The molecular formula is C28H21N3O5. The smallest absolute Gasteiger partial charge is 0.247 e. The molecule has 4 aliphatic rings. The summed E-state index contributed by atoms with van der Waals surface area (Å²) in [6.45, 7) is 0.0911. The third kappa shape index (κ3) is 2.90. The fourth-order valence-electron chi connectivity index (χ4n) is 5.87. The number of carbonyl (C=O) groups is 3. The fraction of sp³-hybridized carbons (Fsp3) is 0.179. The van der Waals surface area contributed by atoms with Crippen LogP contribution in [0.25, 0.3) is 6.08 Å². The first-order valence-electron chi connectivity index (χ1n) is 11.8. The van der Waals surface area contributed by atoms with Crippen molar-refractivity contribution in [3.8, 4) is 11.5 Å². The van der Waals surface area contributed by atoms with Gasteiger partial charge in [0.1, 0.15) is 6.04 Å². The van der Waals surface area contributed by atoms with Gasteiger partial charge in [0, 0.05) is 18.0 Å². The van der Waals surface area contributed by atoms with Crippen molar-refractivity contribution < 1.29 is 23.9 Å². The van der Waals surface area contributed by atoms with Gasteiger partial charge in [0.15, 0.2) is 11.5 Å². The summed E-state index contributed by atoms with van der Waals surface area (Å²) in [5.74, 6) is -1.53. The van der Waals surface area contributed by atoms with Crippen LogP contribution in [0.5, 0.6) is 11.5 Å². The summed E-state index contributed by atoms with van der Waals surface area (Å²) in [5, 5.41) is 2.94. The Kier molecular flexibility index (Phi) is 4.44. The van der Waals surface area contributed by atoms with Crippen LogP contribution in [0.1, 0.15) is 17.2 Å². The molecule has 0 aliphatic carbocycles. The number of fused-ring (bicyclic) bond motifs is 6. The van der Waals surface area contributed by atoms with Gasteiger partial charge < -0.3 is 19.7 Å². The summed E-state index contributed by atoms with van der Waals surface area (Å²) < 4.78 is 10.8. The maximum atomic E-state index is 13.9. The topological polar surface area (TPSA) is 88.2 Å². The van der Waals surface area contributed by atoms with Crippen molar-refractivity contribution in [1.82, 2.24) is 4.90 Å². The number of carbonyl (C=O) groups excluding carboxylic acids is 3. The zero-order valence-corrected chi connectivity index (χ0v) is 19.0. The highest BCUT2D eigenvalue weighted by molar-refractivity contribution is 6.24. The molecule has 0 unspecified atom stereocenters. The molecule has 36 heavy (non-hydrogen) atoms. The maximum Gasteiger partial charge on any atom is 0.247 e. The zero-order valence-electron chi connectivity index (χ0n) is 19.0. The van der Waals surface area contributed by atoms with Crippen LogP contribution in [0.4, 0.5) is 11.4 Å². The number of nitrogens with one attached hydrogen (secondary N) is 1. The number of anilines is 2. The summed E-state index contributed by atoms with van der Waals surface area (Å²) >= 11 is 0. The molecule has 8 heteroatoms. The zero-order chi connectivity index (χ0) is 24.4. The SMILES string of the molecule is O=C(Nc1ccccc1)[C@H]1[C@H]2C(=O)N(c3ccc4c(c3)OCO4)C(=O)[C@@H]2[C@H]2c3ccccc3C=CN21. The van der Waals surface area contributed by atoms with Gasteiger partial charge in [0.05, 0.1) is 23.6 Å². The van der Waals surface area contributed by atoms with Crippen LogP contribution in [0.15, 0.2) is 79.0 Å². The number of ether oxygens (including phenoxy) is 2. The average molecular weight is 479 g/mol. The summed E-state index contributed by atoms with van der Waals surface area (Å²) in [4.78, 5) is 44.6. The van der Waals surface area contributed by atoms with Gasteiger partial charge in [-0.15, -0.1) is 0 Å². The van der Waals surface area contributed by atoms with Crippen LogP contribution in [-0.4, -0.2) is 35.5 Å². The maximum absolute atomic E-state index is 13.9. The van der Waals surface area contributed by atoms with Gasteiger partial charge in [0.2, 0.25) is 24.5 Å². The van der Waals surface area contributed by atoms with Gasteiger partial charge in [0.25, 0.3) is 0 Å². The standard InChI is InChI=1S/C28H21N3O5/c32-26(29-17-7-2-1-3-8-17)25-23-22(24-19-9-5-4-6-16(19)12-13-30(24)25)27(33)31(28(23)34)18-10-11-20-21(14-18)36-15-35-20/h1-14,22-25H,15H2,(H,29,32)/t22-,23-,24+,25+/m0/s1. The second-order valence-corrected chi connectivity index (χ2v) is 9.24. The third-order valence-corrected chi connectivity index (χ3v) is 7.39. The van der Waals surface area contributed by atoms with E-state index in [0.717, 1.165) is 11.1 Å². The molecule has 3 amide bonds. The van der Waals surface area contributed by atoms with Gasteiger partial charge in [-0.05, 0) is 41.5 Å². The van der Waals surface area contributed by atoms with E-state index >= 15 is 0 Å². The molecule has 178 valence electrons. The lowest BCUT2D eigenvalue weighted by Gasteiger charge is -2.35. The van der Waals surface area contributed by atoms with Crippen LogP contribution < -0.4 is 19.7 Å². The summed E-state index contributed by atoms with van der Waals surface area (Å²) in [7, 11) is 0. The number of amides is 3. The Balaban J connectivity index is 1.32. The minimum Gasteiger partial charge on any atom is -0.454 e. The van der Waals surface area contributed by atoms with Crippen molar-refractivity contribution >= 4 is 35.2 Å². The number of imide groups is 1. The van der Waals surface area contributed by atoms with Crippen molar-refractivity contribution in [3.05, 3.63) is 90.1 Å². The third-order valence-electron chi connectivity index (χ3n) is 7.39. The Morgan fingerprint density at radius 1 is 0.861 bits per heavy atom. The molecule has 3 aromatic rings. The van der Waals surface area contributed by atoms with Gasteiger partial charge in [-0.25, -0.2) is 4.90 Å². The van der Waals surface area contributed by atoms with Crippen LogP contribution in [-0.2, 0) is 14.4 Å². The average Bonchev–Trinajstić information content (AvgIpc) is 3.57. The van der Waals surface area contributed by atoms with Crippen molar-refractivity contribution in [2.45, 2.75) is 12.1 Å². The van der Waals surface area contributed by atoms with Crippen molar-refractivity contribution in [1.29, 1.82) is 0 Å². The Labute approximate surface area is 206 Å². The summed E-state index contributed by atoms with van der Waals surface area (Å²) in [5.41, 5.74) is 2.95. The van der Waals surface area contributed by atoms with Crippen LogP contribution in [0, 0.1) is 11.8 Å². The largest absolute Gasteiger partial charge is 0.454 e. The summed E-state index contributed by atoms with van der Waals surface area (Å²) in [6.07, 6.45) is 3.77. The first-order chi connectivity index (χ1) is 17.6. The number of nitrogens with zero attached hydrogens (tertiary/aromatic N) is 2. The molecule has 0 saturated carbocycles. The first kappa shape index (κ1) is 20.8. The molecule has 4 heterocycles. The number of benzene rings is 3. The molecule has 4 atom stereocenters. The van der Waals surface area contributed by atoms with E-state index in [1.807, 2.05) is 59.6 Å². The van der Waals surface area contributed by atoms with Crippen molar-refractivity contribution in [3.63, 3.8) is 0 Å². The molecule has 4 aliphatic heterocycles. The minimum absolute atomic E-state index is 0.0911. The molecule has 0 spiro atoms. The molecule has 2 fully saturated rings. The number of rotatable bonds is 3. The number of para-hydroxylation sites is 1. The van der Waals surface area contributed by atoms with E-state index in [-0.39, 0.29) is 18.6 Å². The molecule has 3 aromatic carbocycles. The molecule has 1 N–H and O–H groups in total. The lowest BCUT2D eigenvalue weighted by Crippen LogP contribution is -2.46. The number of hydrogen-bond acceptors (Lipinski definition) is 6. The van der Waals surface area contributed by atoms with Crippen molar-refractivity contribution in [2.75, 3.05) is 17.0 Å². The molecule has 0 aromatic heterocycles. The highest BCUT2D eigenvalue weighted by Gasteiger charge is 2.64. The summed E-state index contributed by atoms with van der Waals surface area (Å²) in [6, 6.07) is 20.6. The van der Waals surface area contributed by atoms with E-state index in [1.165, 1.54) is 4.90 Å². The van der Waals surface area contributed by atoms with E-state index in [4.69, 9.17) is 9.47 Å². The predicted octanol–water partition coefficient (Wildman–Crippen LogP) is 3.57. The Hall–Kier alpha value is -4.59. The second-order valence-electron chi connectivity index (χ2n) is 9.24. The normalized spacial score (nSPS) is 25.0. The van der Waals surface area contributed by atoms with Crippen LogP contribution >= 0.6 is 0 Å². The van der Waals surface area contributed by atoms with E-state index in [2.05, 4.69) is 5.32 Å². The van der Waals surface area contributed by atoms with E-state index in [9.17, 15) is 14.4 Å². The van der Waals surface area contributed by atoms with Gasteiger partial charge >= 0.3 is 0 Å². The Bertz CT molecular complexity index is 1450. The lowest BCUT2D eigenvalue weighted by molar-refractivity contribution is -0.128. The molecule has 2 saturated heterocycles. The first-order valence-corrected chi connectivity index (χ1v) is 11.8. The Morgan fingerprint density at radius 3 is 2.47 bits per heavy atom. The number of hydrogen-bond donors (Lipinski definition) is 1. The van der Waals surface area contributed by atoms with E-state index < -0.39 is 29.8 Å². The second kappa shape index (κ2) is 7.71. The highest BCUT2D eigenvalue weighted by Crippen LogP contribution is 2.53. The fourth-order valence-corrected chi connectivity index (χ4v) is 5.87. The van der Waals surface area contributed by atoms with E-state index in [0.29, 0.717) is 22.9 Å².